The lowest BCUT2D eigenvalue weighted by Gasteiger charge is -2.32. The smallest absolute Gasteiger partial charge is 0.222 e. The average molecular weight is 358 g/mol. The van der Waals surface area contributed by atoms with Crippen LogP contribution in [0.2, 0.25) is 0 Å². The topological polar surface area (TPSA) is 59.5 Å². The number of benzene rings is 1. The van der Waals surface area contributed by atoms with E-state index in [1.807, 2.05) is 6.07 Å². The fourth-order valence-electron chi connectivity index (χ4n) is 3.71. The van der Waals surface area contributed by atoms with Gasteiger partial charge in [0.2, 0.25) is 5.95 Å². The summed E-state index contributed by atoms with van der Waals surface area (Å²) >= 11 is 0. The van der Waals surface area contributed by atoms with Crippen LogP contribution in [0, 0.1) is 11.7 Å². The van der Waals surface area contributed by atoms with Gasteiger partial charge in [0.1, 0.15) is 11.4 Å². The van der Waals surface area contributed by atoms with Crippen molar-refractivity contribution in [3.63, 3.8) is 0 Å². The quantitative estimate of drug-likeness (QED) is 0.905. The van der Waals surface area contributed by atoms with Crippen LogP contribution in [0.5, 0.6) is 0 Å². The Balaban J connectivity index is 1.41. The van der Waals surface area contributed by atoms with E-state index >= 15 is 0 Å². The molecule has 1 aromatic heterocycles. The fourth-order valence-corrected chi connectivity index (χ4v) is 3.71. The molecule has 2 saturated heterocycles. The van der Waals surface area contributed by atoms with Gasteiger partial charge in [0, 0.05) is 43.6 Å². The minimum Gasteiger partial charge on any atom is -0.377 e. The number of aromatic nitrogens is 2. The predicted octanol–water partition coefficient (Wildman–Crippen LogP) is 2.34. The van der Waals surface area contributed by atoms with Gasteiger partial charge in [-0.25, -0.2) is 14.4 Å². The van der Waals surface area contributed by atoms with Crippen LogP contribution in [0.15, 0.2) is 42.7 Å². The monoisotopic (exact) mass is 358 g/mol. The molecule has 0 saturated carbocycles. The van der Waals surface area contributed by atoms with Crippen LogP contribution in [-0.4, -0.2) is 55.0 Å². The normalized spacial score (nSPS) is 26.0. The molecular formula is C19H23FN4O2. The summed E-state index contributed by atoms with van der Waals surface area (Å²) in [6.07, 6.45) is 4.33. The average Bonchev–Trinajstić information content (AvgIpc) is 2.94. The molecule has 2 atom stereocenters. The first-order valence-corrected chi connectivity index (χ1v) is 8.96. The van der Waals surface area contributed by atoms with E-state index in [1.165, 1.54) is 6.07 Å². The molecule has 4 rings (SSSR count). The van der Waals surface area contributed by atoms with Gasteiger partial charge in [-0.3, -0.25) is 0 Å². The molecule has 2 aliphatic heterocycles. The van der Waals surface area contributed by atoms with Gasteiger partial charge in [-0.15, -0.1) is 0 Å². The van der Waals surface area contributed by atoms with Crippen molar-refractivity contribution in [2.75, 3.05) is 49.7 Å². The zero-order valence-electron chi connectivity index (χ0n) is 14.6. The number of anilines is 2. The number of hydrogen-bond donors (Lipinski definition) is 1. The molecule has 3 heterocycles. The Kier molecular flexibility index (Phi) is 4.99. The molecule has 2 aliphatic rings. The number of ether oxygens (including phenoxy) is 2. The Labute approximate surface area is 152 Å². The number of halogens is 1. The fraction of sp³-hybridized carbons (Fsp3) is 0.474. The van der Waals surface area contributed by atoms with Gasteiger partial charge < -0.3 is 19.7 Å². The summed E-state index contributed by atoms with van der Waals surface area (Å²) in [4.78, 5) is 10.5. The minimum absolute atomic E-state index is 0.223. The van der Waals surface area contributed by atoms with E-state index in [9.17, 15) is 4.39 Å². The van der Waals surface area contributed by atoms with Gasteiger partial charge in [-0.1, -0.05) is 6.07 Å². The van der Waals surface area contributed by atoms with Crippen LogP contribution >= 0.6 is 0 Å². The third-order valence-corrected chi connectivity index (χ3v) is 4.92. The first-order chi connectivity index (χ1) is 12.7. The third-order valence-electron chi connectivity index (χ3n) is 4.92. The molecule has 0 bridgehead atoms. The highest BCUT2D eigenvalue weighted by Gasteiger charge is 2.43. The van der Waals surface area contributed by atoms with Gasteiger partial charge in [0.25, 0.3) is 0 Å². The van der Waals surface area contributed by atoms with E-state index < -0.39 is 0 Å². The summed E-state index contributed by atoms with van der Waals surface area (Å²) in [5.74, 6) is 0.765. The summed E-state index contributed by atoms with van der Waals surface area (Å²) in [5.41, 5.74) is 0.518. The Morgan fingerprint density at radius 1 is 1.27 bits per heavy atom. The van der Waals surface area contributed by atoms with Gasteiger partial charge >= 0.3 is 0 Å². The molecule has 1 aromatic carbocycles. The van der Waals surface area contributed by atoms with Gasteiger partial charge in [0.05, 0.1) is 19.8 Å². The second-order valence-corrected chi connectivity index (χ2v) is 6.97. The maximum absolute atomic E-state index is 13.6. The van der Waals surface area contributed by atoms with Crippen LogP contribution < -0.4 is 10.2 Å². The van der Waals surface area contributed by atoms with Crippen LogP contribution in [0.25, 0.3) is 0 Å². The number of rotatable bonds is 4. The van der Waals surface area contributed by atoms with Crippen LogP contribution in [0.3, 0.4) is 0 Å². The van der Waals surface area contributed by atoms with E-state index in [0.717, 1.165) is 25.2 Å². The van der Waals surface area contributed by atoms with E-state index in [1.54, 1.807) is 30.6 Å². The zero-order valence-corrected chi connectivity index (χ0v) is 14.6. The van der Waals surface area contributed by atoms with Crippen molar-refractivity contribution in [2.45, 2.75) is 12.0 Å². The SMILES string of the molecule is Fc1cccc(N2CCOCC3(CC(CNc4ncccn4)CO3)C2)c1. The van der Waals surface area contributed by atoms with E-state index in [-0.39, 0.29) is 11.4 Å². The van der Waals surface area contributed by atoms with Crippen molar-refractivity contribution >= 4 is 11.6 Å². The van der Waals surface area contributed by atoms with Gasteiger partial charge in [-0.2, -0.15) is 0 Å². The summed E-state index contributed by atoms with van der Waals surface area (Å²) in [6, 6.07) is 8.50. The molecule has 0 aliphatic carbocycles. The van der Waals surface area contributed by atoms with Crippen LogP contribution in [0.1, 0.15) is 6.42 Å². The first kappa shape index (κ1) is 17.2. The number of nitrogens with zero attached hydrogens (tertiary/aromatic N) is 3. The van der Waals surface area contributed by atoms with Crippen molar-refractivity contribution < 1.29 is 13.9 Å². The molecule has 2 unspecified atom stereocenters. The predicted molar refractivity (Wildman–Crippen MR) is 96.7 cm³/mol. The van der Waals surface area contributed by atoms with Crippen molar-refractivity contribution in [2.24, 2.45) is 5.92 Å². The molecule has 2 aromatic rings. The Morgan fingerprint density at radius 3 is 3.00 bits per heavy atom. The van der Waals surface area contributed by atoms with Crippen LogP contribution in [0.4, 0.5) is 16.0 Å². The molecule has 2 fully saturated rings. The maximum atomic E-state index is 13.6. The summed E-state index contributed by atoms with van der Waals surface area (Å²) in [5, 5.41) is 3.27. The standard InChI is InChI=1S/C19H23FN4O2/c20-16-3-1-4-17(9-16)24-7-8-25-14-19(13-24)10-15(12-26-19)11-23-18-21-5-2-6-22-18/h1-6,9,15H,7-8,10-14H2,(H,21,22,23). The molecule has 0 amide bonds. The van der Waals surface area contributed by atoms with Crippen molar-refractivity contribution in [3.8, 4) is 0 Å². The second kappa shape index (κ2) is 7.55. The Morgan fingerprint density at radius 2 is 2.15 bits per heavy atom. The van der Waals surface area contributed by atoms with Gasteiger partial charge in [0.15, 0.2) is 0 Å². The lowest BCUT2D eigenvalue weighted by Crippen LogP contribution is -2.44. The zero-order chi connectivity index (χ0) is 17.8. The highest BCUT2D eigenvalue weighted by atomic mass is 19.1. The lowest BCUT2D eigenvalue weighted by molar-refractivity contribution is -0.0456. The summed E-state index contributed by atoms with van der Waals surface area (Å²) in [7, 11) is 0. The minimum atomic E-state index is -0.354. The molecular weight excluding hydrogens is 335 g/mol. The number of nitrogens with one attached hydrogen (secondary N) is 1. The Hall–Kier alpha value is -2.25. The molecule has 6 nitrogen and oxygen atoms in total. The van der Waals surface area contributed by atoms with Crippen LogP contribution in [-0.2, 0) is 9.47 Å². The van der Waals surface area contributed by atoms with E-state index in [0.29, 0.717) is 38.2 Å². The Bertz CT molecular complexity index is 732. The van der Waals surface area contributed by atoms with Crippen molar-refractivity contribution in [3.05, 3.63) is 48.5 Å². The molecule has 1 spiro atoms. The molecule has 138 valence electrons. The molecule has 26 heavy (non-hydrogen) atoms. The van der Waals surface area contributed by atoms with E-state index in [2.05, 4.69) is 20.2 Å². The largest absolute Gasteiger partial charge is 0.377 e. The summed E-state index contributed by atoms with van der Waals surface area (Å²) in [6.45, 7) is 4.04. The number of hydrogen-bond acceptors (Lipinski definition) is 6. The molecule has 1 N–H and O–H groups in total. The molecule has 0 radical (unpaired) electrons. The second-order valence-electron chi connectivity index (χ2n) is 6.97. The first-order valence-electron chi connectivity index (χ1n) is 8.96. The summed E-state index contributed by atoms with van der Waals surface area (Å²) < 4.78 is 25.6. The highest BCUT2D eigenvalue weighted by molar-refractivity contribution is 5.47. The third kappa shape index (κ3) is 3.94. The van der Waals surface area contributed by atoms with E-state index in [4.69, 9.17) is 9.47 Å². The van der Waals surface area contributed by atoms with Crippen molar-refractivity contribution in [1.29, 1.82) is 0 Å². The maximum Gasteiger partial charge on any atom is 0.222 e. The van der Waals surface area contributed by atoms with Crippen molar-refractivity contribution in [1.82, 2.24) is 9.97 Å². The molecule has 7 heteroatoms. The van der Waals surface area contributed by atoms with Gasteiger partial charge in [-0.05, 0) is 30.7 Å². The lowest BCUT2D eigenvalue weighted by atomic mass is 9.94. The highest BCUT2D eigenvalue weighted by Crippen LogP contribution is 2.34.